The van der Waals surface area contributed by atoms with Crippen LogP contribution in [0.1, 0.15) is 59.8 Å². The smallest absolute Gasteiger partial charge is 0.302 e. The second-order valence-corrected chi connectivity index (χ2v) is 4.38. The van der Waals surface area contributed by atoms with Crippen LogP contribution in [0, 0.1) is 0 Å². The van der Waals surface area contributed by atoms with Crippen molar-refractivity contribution in [1.82, 2.24) is 0 Å². The highest BCUT2D eigenvalue weighted by atomic mass is 16.6. The Balaban J connectivity index is 4.07. The van der Waals surface area contributed by atoms with Gasteiger partial charge in [0, 0.05) is 20.3 Å². The predicted octanol–water partition coefficient (Wildman–Crippen LogP) is 2.84. The molecule has 0 rings (SSSR count). The monoisotopic (exact) mass is 244 g/mol. The number of unbranched alkanes of at least 4 members (excludes halogenated alkanes) is 2. The van der Waals surface area contributed by atoms with Gasteiger partial charge in [0.15, 0.2) is 0 Å². The summed E-state index contributed by atoms with van der Waals surface area (Å²) in [6.45, 7) is 6.73. The third-order valence-corrected chi connectivity index (χ3v) is 2.42. The molecular weight excluding hydrogens is 220 g/mol. The zero-order valence-corrected chi connectivity index (χ0v) is 11.3. The fraction of sp³-hybridized carbons (Fsp3) is 0.846. The van der Waals surface area contributed by atoms with Gasteiger partial charge < -0.3 is 9.47 Å². The van der Waals surface area contributed by atoms with Gasteiger partial charge in [0.1, 0.15) is 12.2 Å². The lowest BCUT2D eigenvalue weighted by Gasteiger charge is -2.20. The standard InChI is InChI=1S/C13H24O4/c1-5-6-7-8-13(17-12(4)15)9-10(2)16-11(3)14/h10,13H,5-9H2,1-4H3/t10-,13+/m1/s1. The van der Waals surface area contributed by atoms with Crippen LogP contribution >= 0.6 is 0 Å². The molecular formula is C13H24O4. The Kier molecular flexibility index (Phi) is 8.46. The predicted molar refractivity (Wildman–Crippen MR) is 65.5 cm³/mol. The van der Waals surface area contributed by atoms with E-state index in [2.05, 4.69) is 6.92 Å². The molecule has 0 fully saturated rings. The molecule has 0 amide bonds. The van der Waals surface area contributed by atoms with Gasteiger partial charge in [-0.15, -0.1) is 0 Å². The summed E-state index contributed by atoms with van der Waals surface area (Å²) in [5, 5.41) is 0. The maximum absolute atomic E-state index is 11.0. The molecule has 0 N–H and O–H groups in total. The maximum Gasteiger partial charge on any atom is 0.302 e. The molecule has 0 aliphatic carbocycles. The molecule has 0 radical (unpaired) electrons. The van der Waals surface area contributed by atoms with Crippen molar-refractivity contribution in [1.29, 1.82) is 0 Å². The highest BCUT2D eigenvalue weighted by molar-refractivity contribution is 5.66. The third-order valence-electron chi connectivity index (χ3n) is 2.42. The second kappa shape index (κ2) is 9.02. The number of carbonyl (C=O) groups excluding carboxylic acids is 2. The van der Waals surface area contributed by atoms with Crippen molar-refractivity contribution in [2.75, 3.05) is 0 Å². The van der Waals surface area contributed by atoms with Gasteiger partial charge in [0.25, 0.3) is 0 Å². The van der Waals surface area contributed by atoms with Crippen LogP contribution in [0.3, 0.4) is 0 Å². The Bertz CT molecular complexity index is 238. The third kappa shape index (κ3) is 9.85. The topological polar surface area (TPSA) is 52.6 Å². The average Bonchev–Trinajstić information content (AvgIpc) is 2.15. The minimum Gasteiger partial charge on any atom is -0.463 e. The fourth-order valence-corrected chi connectivity index (χ4v) is 1.78. The van der Waals surface area contributed by atoms with E-state index in [0.717, 1.165) is 25.7 Å². The first kappa shape index (κ1) is 15.9. The van der Waals surface area contributed by atoms with E-state index in [1.54, 1.807) is 0 Å². The van der Waals surface area contributed by atoms with Crippen LogP contribution in [0.25, 0.3) is 0 Å². The van der Waals surface area contributed by atoms with E-state index in [0.29, 0.717) is 6.42 Å². The van der Waals surface area contributed by atoms with Crippen LogP contribution < -0.4 is 0 Å². The van der Waals surface area contributed by atoms with Crippen molar-refractivity contribution in [3.63, 3.8) is 0 Å². The van der Waals surface area contributed by atoms with Crippen LogP contribution in [0.2, 0.25) is 0 Å². The van der Waals surface area contributed by atoms with Gasteiger partial charge in [-0.25, -0.2) is 0 Å². The Morgan fingerprint density at radius 3 is 2.12 bits per heavy atom. The van der Waals surface area contributed by atoms with Gasteiger partial charge in [-0.05, 0) is 19.8 Å². The quantitative estimate of drug-likeness (QED) is 0.486. The number of carbonyl (C=O) groups is 2. The molecule has 4 nitrogen and oxygen atoms in total. The number of hydrogen-bond acceptors (Lipinski definition) is 4. The molecule has 0 aliphatic heterocycles. The Labute approximate surface area is 104 Å². The molecule has 4 heteroatoms. The van der Waals surface area contributed by atoms with Crippen molar-refractivity contribution in [3.8, 4) is 0 Å². The Morgan fingerprint density at radius 1 is 1.06 bits per heavy atom. The SMILES string of the molecule is CCCCC[C@@H](C[C@@H](C)OC(C)=O)OC(C)=O. The number of hydrogen-bond donors (Lipinski definition) is 0. The summed E-state index contributed by atoms with van der Waals surface area (Å²) < 4.78 is 10.3. The highest BCUT2D eigenvalue weighted by Gasteiger charge is 2.17. The van der Waals surface area contributed by atoms with Crippen molar-refractivity contribution >= 4 is 11.9 Å². The van der Waals surface area contributed by atoms with Crippen molar-refractivity contribution < 1.29 is 19.1 Å². The lowest BCUT2D eigenvalue weighted by molar-refractivity contribution is -0.152. The molecule has 0 bridgehead atoms. The molecule has 0 aromatic rings. The van der Waals surface area contributed by atoms with Crippen LogP contribution in [0.15, 0.2) is 0 Å². The van der Waals surface area contributed by atoms with Crippen molar-refractivity contribution in [3.05, 3.63) is 0 Å². The van der Waals surface area contributed by atoms with Crippen molar-refractivity contribution in [2.45, 2.75) is 72.0 Å². The lowest BCUT2D eigenvalue weighted by Crippen LogP contribution is -2.24. The summed E-state index contributed by atoms with van der Waals surface area (Å²) in [4.78, 5) is 21.7. The van der Waals surface area contributed by atoms with E-state index in [-0.39, 0.29) is 24.1 Å². The molecule has 0 heterocycles. The summed E-state index contributed by atoms with van der Waals surface area (Å²) in [7, 11) is 0. The van der Waals surface area contributed by atoms with E-state index in [1.165, 1.54) is 13.8 Å². The summed E-state index contributed by atoms with van der Waals surface area (Å²) in [5.74, 6) is -0.575. The number of ether oxygens (including phenoxy) is 2. The Morgan fingerprint density at radius 2 is 1.65 bits per heavy atom. The van der Waals surface area contributed by atoms with Gasteiger partial charge in [-0.3, -0.25) is 9.59 Å². The van der Waals surface area contributed by atoms with Gasteiger partial charge in [0.05, 0.1) is 0 Å². The molecule has 0 unspecified atom stereocenters. The molecule has 100 valence electrons. The summed E-state index contributed by atoms with van der Waals surface area (Å²) in [6.07, 6.45) is 4.33. The second-order valence-electron chi connectivity index (χ2n) is 4.38. The first-order chi connectivity index (χ1) is 7.95. The van der Waals surface area contributed by atoms with Crippen LogP contribution in [0.5, 0.6) is 0 Å². The summed E-state index contributed by atoms with van der Waals surface area (Å²) in [5.41, 5.74) is 0. The fourth-order valence-electron chi connectivity index (χ4n) is 1.78. The van der Waals surface area contributed by atoms with E-state index in [9.17, 15) is 9.59 Å². The van der Waals surface area contributed by atoms with E-state index >= 15 is 0 Å². The number of rotatable bonds is 8. The number of esters is 2. The molecule has 17 heavy (non-hydrogen) atoms. The first-order valence-corrected chi connectivity index (χ1v) is 6.30. The van der Waals surface area contributed by atoms with Crippen LogP contribution in [-0.4, -0.2) is 24.1 Å². The van der Waals surface area contributed by atoms with Crippen LogP contribution in [0.4, 0.5) is 0 Å². The minimum absolute atomic E-state index is 0.145. The maximum atomic E-state index is 11.0. The van der Waals surface area contributed by atoms with Crippen LogP contribution in [-0.2, 0) is 19.1 Å². The summed E-state index contributed by atoms with van der Waals surface area (Å²) in [6, 6.07) is 0. The first-order valence-electron chi connectivity index (χ1n) is 6.30. The van der Waals surface area contributed by atoms with E-state index in [4.69, 9.17) is 9.47 Å². The zero-order valence-electron chi connectivity index (χ0n) is 11.3. The van der Waals surface area contributed by atoms with E-state index < -0.39 is 0 Å². The lowest BCUT2D eigenvalue weighted by atomic mass is 10.1. The zero-order chi connectivity index (χ0) is 13.3. The van der Waals surface area contributed by atoms with Crippen molar-refractivity contribution in [2.24, 2.45) is 0 Å². The molecule has 2 atom stereocenters. The molecule has 0 saturated carbocycles. The average molecular weight is 244 g/mol. The van der Waals surface area contributed by atoms with E-state index in [1.807, 2.05) is 6.92 Å². The molecule has 0 aromatic carbocycles. The minimum atomic E-state index is -0.298. The Hall–Kier alpha value is -1.06. The summed E-state index contributed by atoms with van der Waals surface area (Å²) >= 11 is 0. The molecule has 0 aliphatic rings. The van der Waals surface area contributed by atoms with Gasteiger partial charge in [-0.1, -0.05) is 19.8 Å². The molecule has 0 saturated heterocycles. The van der Waals surface area contributed by atoms with Gasteiger partial charge >= 0.3 is 11.9 Å². The normalized spacial score (nSPS) is 13.9. The van der Waals surface area contributed by atoms with Gasteiger partial charge in [0.2, 0.25) is 0 Å². The molecule has 0 spiro atoms. The van der Waals surface area contributed by atoms with Gasteiger partial charge in [-0.2, -0.15) is 0 Å². The molecule has 0 aromatic heterocycles. The largest absolute Gasteiger partial charge is 0.463 e. The highest BCUT2D eigenvalue weighted by Crippen LogP contribution is 2.14.